The molecule has 14 heteroatoms. The summed E-state index contributed by atoms with van der Waals surface area (Å²) in [5.74, 6) is -1.61. The van der Waals surface area contributed by atoms with Crippen molar-refractivity contribution in [2.45, 2.75) is 226 Å². The second kappa shape index (κ2) is 36.2. The van der Waals surface area contributed by atoms with Crippen LogP contribution in [0, 0.1) is 0 Å². The van der Waals surface area contributed by atoms with Gasteiger partial charge in [-0.1, -0.05) is 142 Å². The minimum Gasteiger partial charge on any atom is -0.493 e. The molecule has 5 atom stereocenters. The number of carbonyl (C=O) groups is 5. The summed E-state index contributed by atoms with van der Waals surface area (Å²) in [5, 5.41) is 3.04. The highest BCUT2D eigenvalue weighted by Crippen LogP contribution is 2.30. The van der Waals surface area contributed by atoms with Crippen molar-refractivity contribution in [2.75, 3.05) is 33.0 Å². The fourth-order valence-electron chi connectivity index (χ4n) is 7.84. The number of nitrogens with one attached hydrogen (secondary N) is 1. The minimum absolute atomic E-state index is 0.188. The molecule has 1 amide bonds. The van der Waals surface area contributed by atoms with E-state index in [0.29, 0.717) is 43.2 Å². The Kier molecular flexibility index (Phi) is 31.9. The van der Waals surface area contributed by atoms with Crippen molar-refractivity contribution in [1.82, 2.24) is 5.32 Å². The predicted molar refractivity (Wildman–Crippen MR) is 250 cm³/mol. The maximum absolute atomic E-state index is 13.4. The smallest absolute Gasteiger partial charge is 0.303 e. The molecule has 0 aromatic heterocycles. The first-order valence-corrected chi connectivity index (χ1v) is 25.1. The number of hydrogen-bond acceptors (Lipinski definition) is 13. The van der Waals surface area contributed by atoms with E-state index in [-0.39, 0.29) is 19.1 Å². The highest BCUT2D eigenvalue weighted by Gasteiger charge is 2.52. The van der Waals surface area contributed by atoms with Gasteiger partial charge in [0, 0.05) is 52.5 Å². The Morgan fingerprint density at radius 3 is 1.37 bits per heavy atom. The molecule has 1 N–H and O–H groups in total. The van der Waals surface area contributed by atoms with Gasteiger partial charge >= 0.3 is 23.9 Å². The Balaban J connectivity index is 1.89. The SMILES string of the molecule is CCCCCCCCCCCCOc1cc(OCCCCCCCCCCCC)cc(C(=O)NCCCCCCO[C@H]2O[C@H](COC(C)=O)[C@@H](OC(C)=O)[C@H](OC(C)=O)[C@@H]2OC(C)=O)c1. The normalized spacial score (nSPS) is 18.1. The Labute approximate surface area is 390 Å². The first-order chi connectivity index (χ1) is 31.4. The van der Waals surface area contributed by atoms with Crippen LogP contribution in [0.3, 0.4) is 0 Å². The largest absolute Gasteiger partial charge is 0.493 e. The van der Waals surface area contributed by atoms with Gasteiger partial charge in [0.05, 0.1) is 13.2 Å². The number of unbranched alkanes of at least 4 members (excludes halogenated alkanes) is 21. The topological polar surface area (TPSA) is 171 Å². The molecule has 0 aliphatic carbocycles. The minimum atomic E-state index is -1.29. The molecule has 0 spiro atoms. The molecule has 65 heavy (non-hydrogen) atoms. The third kappa shape index (κ3) is 27.4. The van der Waals surface area contributed by atoms with Gasteiger partial charge in [-0.2, -0.15) is 0 Å². The lowest BCUT2D eigenvalue weighted by atomic mass is 9.98. The molecular formula is C51H85NO13. The van der Waals surface area contributed by atoms with E-state index in [0.717, 1.165) is 44.9 Å². The molecular weight excluding hydrogens is 835 g/mol. The number of esters is 4. The molecule has 1 aliphatic heterocycles. The monoisotopic (exact) mass is 920 g/mol. The van der Waals surface area contributed by atoms with Crippen LogP contribution in [0.5, 0.6) is 11.5 Å². The molecule has 1 fully saturated rings. The van der Waals surface area contributed by atoms with Crippen molar-refractivity contribution in [3.8, 4) is 11.5 Å². The summed E-state index contributed by atoms with van der Waals surface area (Å²) in [6.07, 6.45) is 21.8. The Hall–Kier alpha value is -3.91. The van der Waals surface area contributed by atoms with E-state index in [1.807, 2.05) is 6.07 Å². The van der Waals surface area contributed by atoms with Crippen molar-refractivity contribution in [2.24, 2.45) is 0 Å². The summed E-state index contributed by atoms with van der Waals surface area (Å²) in [6.45, 7) is 10.8. The molecule has 2 rings (SSSR count). The lowest BCUT2D eigenvalue weighted by Gasteiger charge is -2.44. The molecule has 1 saturated heterocycles. The van der Waals surface area contributed by atoms with Crippen LogP contribution in [-0.4, -0.2) is 93.5 Å². The van der Waals surface area contributed by atoms with Gasteiger partial charge in [0.2, 0.25) is 0 Å². The quantitative estimate of drug-likeness (QED) is 0.0378. The van der Waals surface area contributed by atoms with Crippen molar-refractivity contribution in [1.29, 1.82) is 0 Å². The summed E-state index contributed by atoms with van der Waals surface area (Å²) in [4.78, 5) is 61.2. The van der Waals surface area contributed by atoms with Gasteiger partial charge in [0.25, 0.3) is 5.91 Å². The second-order valence-corrected chi connectivity index (χ2v) is 17.4. The van der Waals surface area contributed by atoms with Crippen LogP contribution in [0.15, 0.2) is 18.2 Å². The molecule has 0 radical (unpaired) electrons. The number of hydrogen-bond donors (Lipinski definition) is 1. The van der Waals surface area contributed by atoms with E-state index >= 15 is 0 Å². The van der Waals surface area contributed by atoms with Crippen molar-refractivity contribution >= 4 is 29.8 Å². The summed E-state index contributed by atoms with van der Waals surface area (Å²) >= 11 is 0. The Bertz CT molecular complexity index is 1430. The van der Waals surface area contributed by atoms with Crippen LogP contribution in [0.25, 0.3) is 0 Å². The zero-order chi connectivity index (χ0) is 47.5. The molecule has 1 aromatic rings. The third-order valence-electron chi connectivity index (χ3n) is 11.3. The Morgan fingerprint density at radius 1 is 0.492 bits per heavy atom. The Morgan fingerprint density at radius 2 is 0.908 bits per heavy atom. The van der Waals surface area contributed by atoms with Gasteiger partial charge in [-0.05, 0) is 37.8 Å². The number of rotatable bonds is 38. The van der Waals surface area contributed by atoms with E-state index < -0.39 is 54.6 Å². The van der Waals surface area contributed by atoms with Gasteiger partial charge in [0.1, 0.15) is 24.2 Å². The van der Waals surface area contributed by atoms with Crippen LogP contribution in [0.1, 0.15) is 206 Å². The average molecular weight is 920 g/mol. The molecule has 14 nitrogen and oxygen atoms in total. The van der Waals surface area contributed by atoms with Crippen LogP contribution >= 0.6 is 0 Å². The highest BCUT2D eigenvalue weighted by atomic mass is 16.7. The maximum Gasteiger partial charge on any atom is 0.303 e. The van der Waals surface area contributed by atoms with Gasteiger partial charge < -0.3 is 43.2 Å². The van der Waals surface area contributed by atoms with E-state index in [4.69, 9.17) is 37.9 Å². The van der Waals surface area contributed by atoms with E-state index in [1.54, 1.807) is 12.1 Å². The number of benzene rings is 1. The molecule has 0 saturated carbocycles. The summed E-state index contributed by atoms with van der Waals surface area (Å²) < 4.78 is 45.8. The van der Waals surface area contributed by atoms with Gasteiger partial charge in [-0.15, -0.1) is 0 Å². The average Bonchev–Trinajstić information content (AvgIpc) is 3.26. The zero-order valence-corrected chi connectivity index (χ0v) is 40.9. The molecule has 1 aliphatic rings. The second-order valence-electron chi connectivity index (χ2n) is 17.4. The zero-order valence-electron chi connectivity index (χ0n) is 40.9. The number of amides is 1. The third-order valence-corrected chi connectivity index (χ3v) is 11.3. The summed E-state index contributed by atoms with van der Waals surface area (Å²) in [5.41, 5.74) is 0.502. The highest BCUT2D eigenvalue weighted by molar-refractivity contribution is 5.95. The molecule has 372 valence electrons. The maximum atomic E-state index is 13.4. The standard InChI is InChI=1S/C51H85NO13/c1-7-9-11-13-15-17-19-21-24-28-32-58-44-35-43(36-45(37-44)59-33-29-25-22-20-18-16-14-12-10-8-2)50(57)52-31-27-23-26-30-34-60-51-49(64-42(6)56)48(63-41(5)55)47(62-40(4)54)46(65-51)38-61-39(3)53/h35-37,46-49,51H,7-34,38H2,1-6H3,(H,52,57)/t46-,47-,48+,49+,51+/m1/s1. The van der Waals surface area contributed by atoms with Crippen molar-refractivity contribution < 1.29 is 61.9 Å². The van der Waals surface area contributed by atoms with Gasteiger partial charge in [0.15, 0.2) is 24.6 Å². The van der Waals surface area contributed by atoms with E-state index in [1.165, 1.54) is 130 Å². The van der Waals surface area contributed by atoms with Crippen LogP contribution in [-0.2, 0) is 47.6 Å². The summed E-state index contributed by atoms with van der Waals surface area (Å²) in [7, 11) is 0. The number of ether oxygens (including phenoxy) is 8. The molecule has 0 unspecified atom stereocenters. The van der Waals surface area contributed by atoms with Crippen LogP contribution in [0.2, 0.25) is 0 Å². The van der Waals surface area contributed by atoms with E-state index in [2.05, 4.69) is 19.2 Å². The van der Waals surface area contributed by atoms with Crippen LogP contribution in [0.4, 0.5) is 0 Å². The van der Waals surface area contributed by atoms with Crippen molar-refractivity contribution in [3.05, 3.63) is 23.8 Å². The first-order valence-electron chi connectivity index (χ1n) is 25.1. The summed E-state index contributed by atoms with van der Waals surface area (Å²) in [6, 6.07) is 5.49. The fraction of sp³-hybridized carbons (Fsp3) is 0.784. The van der Waals surface area contributed by atoms with Gasteiger partial charge in [-0.25, -0.2) is 0 Å². The first kappa shape index (κ1) is 57.2. The molecule has 1 aromatic carbocycles. The molecule has 0 bridgehead atoms. The predicted octanol–water partition coefficient (Wildman–Crippen LogP) is 10.7. The number of carbonyl (C=O) groups excluding carboxylic acids is 5. The lowest BCUT2D eigenvalue weighted by molar-refractivity contribution is -0.308. The van der Waals surface area contributed by atoms with Crippen molar-refractivity contribution in [3.63, 3.8) is 0 Å². The molecule has 1 heterocycles. The fourth-order valence-corrected chi connectivity index (χ4v) is 7.84. The van der Waals surface area contributed by atoms with Crippen LogP contribution < -0.4 is 14.8 Å². The lowest BCUT2D eigenvalue weighted by Crippen LogP contribution is -2.63. The van der Waals surface area contributed by atoms with Gasteiger partial charge in [-0.3, -0.25) is 24.0 Å². The van der Waals surface area contributed by atoms with E-state index in [9.17, 15) is 24.0 Å².